The monoisotopic (exact) mass is 348 g/mol. The quantitative estimate of drug-likeness (QED) is 0.465. The normalized spacial score (nSPS) is 17.7. The first-order valence-electron chi connectivity index (χ1n) is 7.62. The molecule has 1 amide bonds. The zero-order valence-corrected chi connectivity index (χ0v) is 15.0. The highest BCUT2D eigenvalue weighted by Gasteiger charge is 2.31. The summed E-state index contributed by atoms with van der Waals surface area (Å²) in [5.74, 6) is 0.309. The summed E-state index contributed by atoms with van der Waals surface area (Å²) in [5.41, 5.74) is 0.785. The average molecular weight is 348 g/mol. The fourth-order valence-corrected chi connectivity index (χ4v) is 3.31. The van der Waals surface area contributed by atoms with Gasteiger partial charge >= 0.3 is 5.97 Å². The minimum atomic E-state index is -0.417. The molecule has 1 aromatic rings. The van der Waals surface area contributed by atoms with Crippen LogP contribution in [0, 0.1) is 0 Å². The number of amides is 1. The van der Waals surface area contributed by atoms with Gasteiger partial charge in [-0.2, -0.15) is 0 Å². The number of rotatable bonds is 5. The van der Waals surface area contributed by atoms with Gasteiger partial charge in [0.15, 0.2) is 16.7 Å². The van der Waals surface area contributed by atoms with Crippen molar-refractivity contribution in [2.24, 2.45) is 4.99 Å². The van der Waals surface area contributed by atoms with E-state index < -0.39 is 5.97 Å². The van der Waals surface area contributed by atoms with Crippen molar-refractivity contribution in [3.05, 3.63) is 28.7 Å². The number of hydrogen-bond acceptors (Lipinski definition) is 6. The number of ether oxygens (including phenoxy) is 2. The molecule has 0 saturated carbocycles. The molecule has 1 aliphatic heterocycles. The van der Waals surface area contributed by atoms with E-state index in [9.17, 15) is 9.59 Å². The van der Waals surface area contributed by atoms with Crippen LogP contribution in [0.3, 0.4) is 0 Å². The Morgan fingerprint density at radius 1 is 1.33 bits per heavy atom. The Morgan fingerprint density at radius 2 is 2.08 bits per heavy atom. The zero-order chi connectivity index (χ0) is 17.7. The molecule has 0 N–H and O–H groups in total. The first-order valence-corrected chi connectivity index (χ1v) is 8.44. The molecule has 24 heavy (non-hydrogen) atoms. The van der Waals surface area contributed by atoms with Crippen LogP contribution in [0.5, 0.6) is 11.5 Å². The molecule has 1 aliphatic rings. The maximum atomic E-state index is 12.4. The Morgan fingerprint density at radius 3 is 2.67 bits per heavy atom. The molecule has 0 aliphatic carbocycles. The first-order chi connectivity index (χ1) is 11.5. The number of carbonyl (C=O) groups excluding carboxylic acids is 2. The van der Waals surface area contributed by atoms with Crippen molar-refractivity contribution in [1.29, 1.82) is 0 Å². The Kier molecular flexibility index (Phi) is 6.03. The van der Waals surface area contributed by atoms with Crippen molar-refractivity contribution < 1.29 is 19.1 Å². The third kappa shape index (κ3) is 3.97. The van der Waals surface area contributed by atoms with Gasteiger partial charge in [0.1, 0.15) is 0 Å². The van der Waals surface area contributed by atoms with E-state index in [1.165, 1.54) is 25.8 Å². The van der Waals surface area contributed by atoms with Crippen molar-refractivity contribution in [2.75, 3.05) is 20.2 Å². The summed E-state index contributed by atoms with van der Waals surface area (Å²) < 4.78 is 10.3. The standard InChI is InChI=1S/C17H20N2O4S/c1-5-18-17-19(6-2)16(21)15(24-17)10-12-7-8-13(23-11(3)20)14(9-12)22-4/h7-10H,5-6H2,1-4H3/b15-10-,18-17?. The molecule has 0 bridgehead atoms. The number of likely N-dealkylation sites (N-methyl/N-ethyl adjacent to an activating group) is 1. The van der Waals surface area contributed by atoms with E-state index in [1.54, 1.807) is 29.2 Å². The zero-order valence-electron chi connectivity index (χ0n) is 14.2. The van der Waals surface area contributed by atoms with Gasteiger partial charge < -0.3 is 9.47 Å². The van der Waals surface area contributed by atoms with Gasteiger partial charge in [0.2, 0.25) is 0 Å². The van der Waals surface area contributed by atoms with Gasteiger partial charge in [-0.05, 0) is 49.4 Å². The number of hydrogen-bond donors (Lipinski definition) is 0. The van der Waals surface area contributed by atoms with Gasteiger partial charge in [-0.1, -0.05) is 6.07 Å². The second-order valence-electron chi connectivity index (χ2n) is 4.92. The number of aliphatic imine (C=N–C) groups is 1. The molecule has 0 aromatic heterocycles. The second kappa shape index (κ2) is 8.01. The number of benzene rings is 1. The summed E-state index contributed by atoms with van der Waals surface area (Å²) in [6.07, 6.45) is 1.79. The Balaban J connectivity index is 2.32. The van der Waals surface area contributed by atoms with E-state index >= 15 is 0 Å². The number of thioether (sulfide) groups is 1. The fourth-order valence-electron chi connectivity index (χ4n) is 2.20. The van der Waals surface area contributed by atoms with E-state index in [0.717, 1.165) is 10.7 Å². The minimum absolute atomic E-state index is 0.0577. The topological polar surface area (TPSA) is 68.2 Å². The molecule has 1 saturated heterocycles. The van der Waals surface area contributed by atoms with Crippen LogP contribution in [0.1, 0.15) is 26.3 Å². The molecule has 0 atom stereocenters. The predicted octanol–water partition coefficient (Wildman–Crippen LogP) is 2.93. The molecular weight excluding hydrogens is 328 g/mol. The summed E-state index contributed by atoms with van der Waals surface area (Å²) in [5, 5.41) is 0.722. The van der Waals surface area contributed by atoms with Crippen LogP contribution in [-0.2, 0) is 9.59 Å². The molecule has 0 spiro atoms. The molecule has 1 aromatic carbocycles. The van der Waals surface area contributed by atoms with E-state index in [4.69, 9.17) is 9.47 Å². The van der Waals surface area contributed by atoms with Gasteiger partial charge in [-0.3, -0.25) is 19.5 Å². The number of amidine groups is 1. The molecule has 128 valence electrons. The summed E-state index contributed by atoms with van der Waals surface area (Å²) >= 11 is 1.36. The van der Waals surface area contributed by atoms with Crippen LogP contribution in [0.25, 0.3) is 6.08 Å². The fraction of sp³-hybridized carbons (Fsp3) is 0.353. The number of nitrogens with zero attached hydrogens (tertiary/aromatic N) is 2. The molecule has 2 rings (SSSR count). The van der Waals surface area contributed by atoms with Crippen LogP contribution in [-0.4, -0.2) is 42.1 Å². The van der Waals surface area contributed by atoms with Crippen molar-refractivity contribution in [3.63, 3.8) is 0 Å². The van der Waals surface area contributed by atoms with E-state index in [1.807, 2.05) is 13.8 Å². The van der Waals surface area contributed by atoms with Gasteiger partial charge in [0, 0.05) is 20.0 Å². The maximum Gasteiger partial charge on any atom is 0.308 e. The van der Waals surface area contributed by atoms with Gasteiger partial charge in [0.05, 0.1) is 12.0 Å². The smallest absolute Gasteiger partial charge is 0.308 e. The lowest BCUT2D eigenvalue weighted by molar-refractivity contribution is -0.132. The largest absolute Gasteiger partial charge is 0.493 e. The van der Waals surface area contributed by atoms with Crippen LogP contribution in [0.2, 0.25) is 0 Å². The molecule has 0 unspecified atom stereocenters. The van der Waals surface area contributed by atoms with Crippen molar-refractivity contribution in [1.82, 2.24) is 4.90 Å². The molecule has 7 heteroatoms. The van der Waals surface area contributed by atoms with E-state index in [2.05, 4.69) is 4.99 Å². The highest BCUT2D eigenvalue weighted by Crippen LogP contribution is 2.34. The molecule has 1 fully saturated rings. The number of carbonyl (C=O) groups is 2. The van der Waals surface area contributed by atoms with Crippen LogP contribution in [0.15, 0.2) is 28.1 Å². The Labute approximate surface area is 145 Å². The predicted molar refractivity (Wildman–Crippen MR) is 95.2 cm³/mol. The minimum Gasteiger partial charge on any atom is -0.493 e. The Bertz CT molecular complexity index is 713. The second-order valence-corrected chi connectivity index (χ2v) is 5.93. The molecule has 0 radical (unpaired) electrons. The van der Waals surface area contributed by atoms with Crippen molar-refractivity contribution in [2.45, 2.75) is 20.8 Å². The number of esters is 1. The Hall–Kier alpha value is -2.28. The van der Waals surface area contributed by atoms with Crippen molar-refractivity contribution >= 4 is 34.9 Å². The summed E-state index contributed by atoms with van der Waals surface area (Å²) in [7, 11) is 1.50. The third-order valence-electron chi connectivity index (χ3n) is 3.24. The molecule has 6 nitrogen and oxygen atoms in total. The van der Waals surface area contributed by atoms with Gasteiger partial charge in [0.25, 0.3) is 5.91 Å². The lowest BCUT2D eigenvalue weighted by Gasteiger charge is -2.11. The molecule has 1 heterocycles. The lowest BCUT2D eigenvalue weighted by atomic mass is 10.2. The summed E-state index contributed by atoms with van der Waals surface area (Å²) in [6, 6.07) is 5.15. The van der Waals surface area contributed by atoms with Gasteiger partial charge in [-0.25, -0.2) is 0 Å². The van der Waals surface area contributed by atoms with Crippen LogP contribution >= 0.6 is 11.8 Å². The average Bonchev–Trinajstić information content (AvgIpc) is 2.83. The highest BCUT2D eigenvalue weighted by atomic mass is 32.2. The highest BCUT2D eigenvalue weighted by molar-refractivity contribution is 8.18. The first kappa shape index (κ1) is 18.1. The molecular formula is C17H20N2O4S. The van der Waals surface area contributed by atoms with Gasteiger partial charge in [-0.15, -0.1) is 0 Å². The van der Waals surface area contributed by atoms with Crippen LogP contribution < -0.4 is 9.47 Å². The van der Waals surface area contributed by atoms with E-state index in [0.29, 0.717) is 29.5 Å². The third-order valence-corrected chi connectivity index (χ3v) is 4.28. The van der Waals surface area contributed by atoms with E-state index in [-0.39, 0.29) is 5.91 Å². The summed E-state index contributed by atoms with van der Waals surface area (Å²) in [4.78, 5) is 30.2. The summed E-state index contributed by atoms with van der Waals surface area (Å²) in [6.45, 7) is 6.40. The van der Waals surface area contributed by atoms with Crippen LogP contribution in [0.4, 0.5) is 0 Å². The maximum absolute atomic E-state index is 12.4. The SMILES string of the molecule is CCN=C1S/C(=C\c2ccc(OC(C)=O)c(OC)c2)C(=O)N1CC. The van der Waals surface area contributed by atoms with Crippen molar-refractivity contribution in [3.8, 4) is 11.5 Å². The lowest BCUT2D eigenvalue weighted by Crippen LogP contribution is -2.28. The number of methoxy groups -OCH3 is 1.